The number of aromatic amines is 1. The maximum Gasteiger partial charge on any atom is 0.224 e. The number of likely N-dealkylation sites (tertiary alicyclic amines) is 1. The summed E-state index contributed by atoms with van der Waals surface area (Å²) in [4.78, 5) is 19.9. The molecule has 13 heavy (non-hydrogen) atoms. The van der Waals surface area contributed by atoms with E-state index in [0.717, 1.165) is 5.69 Å². The van der Waals surface area contributed by atoms with Gasteiger partial charge in [0.05, 0.1) is 23.9 Å². The second kappa shape index (κ2) is 3.38. The second-order valence-corrected chi connectivity index (χ2v) is 3.77. The molecule has 1 aromatic rings. The third kappa shape index (κ3) is 1.83. The largest absolute Gasteiger partial charge is 0.347 e. The number of aromatic nitrogens is 2. The van der Waals surface area contributed by atoms with Crippen LogP contribution in [0.4, 0.5) is 0 Å². The Morgan fingerprint density at radius 3 is 3.15 bits per heavy atom. The van der Waals surface area contributed by atoms with Gasteiger partial charge in [0.25, 0.3) is 0 Å². The molecule has 1 atom stereocenters. The van der Waals surface area contributed by atoms with Crippen LogP contribution in [-0.4, -0.2) is 32.7 Å². The van der Waals surface area contributed by atoms with Gasteiger partial charge in [-0.3, -0.25) is 4.79 Å². The van der Waals surface area contributed by atoms with Crippen molar-refractivity contribution < 1.29 is 4.79 Å². The molecule has 0 saturated carbocycles. The molecule has 1 unspecified atom stereocenters. The maximum absolute atomic E-state index is 11.3. The fourth-order valence-electron chi connectivity index (χ4n) is 1.45. The summed E-state index contributed by atoms with van der Waals surface area (Å²) in [5, 5.41) is -0.0320. The fraction of sp³-hybridized carbons (Fsp3) is 0.500. The highest BCUT2D eigenvalue weighted by Crippen LogP contribution is 2.17. The molecule has 1 aliphatic rings. The molecule has 0 aromatic carbocycles. The molecule has 70 valence electrons. The molecule has 1 aliphatic heterocycles. The smallest absolute Gasteiger partial charge is 0.224 e. The molecule has 2 rings (SSSR count). The molecule has 0 bridgehead atoms. The summed E-state index contributed by atoms with van der Waals surface area (Å²) in [5.41, 5.74) is 0.944. The number of H-pyrrole nitrogens is 1. The summed E-state index contributed by atoms with van der Waals surface area (Å²) in [6, 6.07) is 0. The Kier molecular flexibility index (Phi) is 2.22. The van der Waals surface area contributed by atoms with Gasteiger partial charge in [0.15, 0.2) is 0 Å². The minimum atomic E-state index is -0.0320. The lowest BCUT2D eigenvalue weighted by Gasteiger charge is -2.13. The number of carbonyl (C=O) groups is 1. The van der Waals surface area contributed by atoms with Crippen LogP contribution in [0.2, 0.25) is 0 Å². The third-order valence-electron chi connectivity index (χ3n) is 2.08. The number of hydrogen-bond donors (Lipinski definition) is 1. The average Bonchev–Trinajstić information content (AvgIpc) is 2.63. The molecule has 0 radical (unpaired) electrons. The summed E-state index contributed by atoms with van der Waals surface area (Å²) in [6.07, 6.45) is 3.78. The first-order chi connectivity index (χ1) is 6.25. The second-order valence-electron chi connectivity index (χ2n) is 3.15. The Hall–Kier alpha value is -1.03. The summed E-state index contributed by atoms with van der Waals surface area (Å²) in [7, 11) is 0. The van der Waals surface area contributed by atoms with E-state index in [-0.39, 0.29) is 11.3 Å². The van der Waals surface area contributed by atoms with Crippen molar-refractivity contribution in [2.45, 2.75) is 18.3 Å². The molecule has 1 saturated heterocycles. The van der Waals surface area contributed by atoms with Crippen molar-refractivity contribution in [1.82, 2.24) is 14.9 Å². The van der Waals surface area contributed by atoms with Gasteiger partial charge in [-0.1, -0.05) is 0 Å². The number of hydrogen-bond acceptors (Lipinski definition) is 2. The highest BCUT2D eigenvalue weighted by molar-refractivity contribution is 6.22. The van der Waals surface area contributed by atoms with Gasteiger partial charge in [-0.2, -0.15) is 0 Å². The van der Waals surface area contributed by atoms with Crippen LogP contribution in [-0.2, 0) is 11.3 Å². The van der Waals surface area contributed by atoms with Gasteiger partial charge in [-0.15, -0.1) is 11.6 Å². The van der Waals surface area contributed by atoms with Gasteiger partial charge >= 0.3 is 0 Å². The van der Waals surface area contributed by atoms with E-state index in [1.54, 1.807) is 17.4 Å². The summed E-state index contributed by atoms with van der Waals surface area (Å²) < 4.78 is 0. The summed E-state index contributed by atoms with van der Waals surface area (Å²) >= 11 is 5.85. The van der Waals surface area contributed by atoms with E-state index in [2.05, 4.69) is 9.97 Å². The molecule has 0 aliphatic carbocycles. The van der Waals surface area contributed by atoms with Gasteiger partial charge in [0.1, 0.15) is 0 Å². The topological polar surface area (TPSA) is 49.0 Å². The molecule has 5 heteroatoms. The molecule has 4 nitrogen and oxygen atoms in total. The number of amides is 1. The van der Waals surface area contributed by atoms with Crippen molar-refractivity contribution >= 4 is 17.5 Å². The van der Waals surface area contributed by atoms with E-state index < -0.39 is 0 Å². The fourth-order valence-corrected chi connectivity index (χ4v) is 1.75. The number of nitrogens with zero attached hydrogens (tertiary/aromatic N) is 2. The Morgan fingerprint density at radius 1 is 1.77 bits per heavy atom. The number of halogens is 1. The summed E-state index contributed by atoms with van der Waals surface area (Å²) in [6.45, 7) is 1.22. The Bertz CT molecular complexity index is 298. The number of rotatable bonds is 2. The lowest BCUT2D eigenvalue weighted by Crippen LogP contribution is -2.24. The zero-order chi connectivity index (χ0) is 9.26. The first kappa shape index (κ1) is 8.56. The van der Waals surface area contributed by atoms with E-state index in [0.29, 0.717) is 19.5 Å². The molecule has 1 aromatic heterocycles. The molecule has 2 heterocycles. The average molecular weight is 200 g/mol. The van der Waals surface area contributed by atoms with Crippen LogP contribution in [0, 0.1) is 0 Å². The van der Waals surface area contributed by atoms with Crippen LogP contribution in [0.15, 0.2) is 12.5 Å². The van der Waals surface area contributed by atoms with Crippen molar-refractivity contribution in [3.05, 3.63) is 18.2 Å². The number of carbonyl (C=O) groups excluding carboxylic acids is 1. The quantitative estimate of drug-likeness (QED) is 0.715. The Labute approximate surface area is 80.9 Å². The SMILES string of the molecule is O=C1CC(Cl)CN1Cc1cnc[nH]1. The van der Waals surface area contributed by atoms with Gasteiger partial charge in [0, 0.05) is 19.2 Å². The lowest BCUT2D eigenvalue weighted by molar-refractivity contribution is -0.128. The first-order valence-corrected chi connectivity index (χ1v) is 4.58. The van der Waals surface area contributed by atoms with Gasteiger partial charge in [0.2, 0.25) is 5.91 Å². The van der Waals surface area contributed by atoms with Crippen LogP contribution >= 0.6 is 11.6 Å². The van der Waals surface area contributed by atoms with Crippen LogP contribution in [0.1, 0.15) is 12.1 Å². The normalized spacial score (nSPS) is 22.7. The van der Waals surface area contributed by atoms with Crippen LogP contribution in [0.25, 0.3) is 0 Å². The monoisotopic (exact) mass is 199 g/mol. The highest BCUT2D eigenvalue weighted by atomic mass is 35.5. The van der Waals surface area contributed by atoms with Crippen molar-refractivity contribution in [2.24, 2.45) is 0 Å². The molecular formula is C8H10ClN3O. The van der Waals surface area contributed by atoms with Crippen molar-refractivity contribution in [3.8, 4) is 0 Å². The predicted molar refractivity (Wildman–Crippen MR) is 48.3 cm³/mol. The Balaban J connectivity index is 1.99. The molecule has 1 amide bonds. The minimum Gasteiger partial charge on any atom is -0.347 e. The predicted octanol–water partition coefficient (Wildman–Crippen LogP) is 0.749. The lowest BCUT2D eigenvalue weighted by atomic mass is 10.4. The van der Waals surface area contributed by atoms with E-state index in [4.69, 9.17) is 11.6 Å². The van der Waals surface area contributed by atoms with E-state index in [1.807, 2.05) is 0 Å². The van der Waals surface area contributed by atoms with Gasteiger partial charge in [-0.25, -0.2) is 4.98 Å². The van der Waals surface area contributed by atoms with Gasteiger partial charge in [-0.05, 0) is 0 Å². The van der Waals surface area contributed by atoms with Crippen molar-refractivity contribution in [3.63, 3.8) is 0 Å². The molecular weight excluding hydrogens is 190 g/mol. The Morgan fingerprint density at radius 2 is 2.62 bits per heavy atom. The number of imidazole rings is 1. The number of alkyl halides is 1. The van der Waals surface area contributed by atoms with Crippen molar-refractivity contribution in [1.29, 1.82) is 0 Å². The van der Waals surface area contributed by atoms with E-state index >= 15 is 0 Å². The standard InChI is InChI=1S/C8H10ClN3O/c9-6-1-8(13)12(3-6)4-7-2-10-5-11-7/h2,5-6H,1,3-4H2,(H,10,11). The number of nitrogens with one attached hydrogen (secondary N) is 1. The zero-order valence-electron chi connectivity index (χ0n) is 7.03. The van der Waals surface area contributed by atoms with Crippen LogP contribution in [0.5, 0.6) is 0 Å². The van der Waals surface area contributed by atoms with Crippen LogP contribution < -0.4 is 0 Å². The third-order valence-corrected chi connectivity index (χ3v) is 2.38. The maximum atomic E-state index is 11.3. The van der Waals surface area contributed by atoms with E-state index in [9.17, 15) is 4.79 Å². The van der Waals surface area contributed by atoms with Gasteiger partial charge < -0.3 is 9.88 Å². The molecule has 1 fully saturated rings. The van der Waals surface area contributed by atoms with E-state index in [1.165, 1.54) is 0 Å². The zero-order valence-corrected chi connectivity index (χ0v) is 7.79. The van der Waals surface area contributed by atoms with Crippen LogP contribution in [0.3, 0.4) is 0 Å². The first-order valence-electron chi connectivity index (χ1n) is 4.15. The minimum absolute atomic E-state index is 0.0320. The van der Waals surface area contributed by atoms with Crippen molar-refractivity contribution in [2.75, 3.05) is 6.54 Å². The summed E-state index contributed by atoms with van der Waals surface area (Å²) in [5.74, 6) is 0.120. The highest BCUT2D eigenvalue weighted by Gasteiger charge is 2.27. The molecule has 1 N–H and O–H groups in total. The molecule has 0 spiro atoms.